The van der Waals surface area contributed by atoms with Gasteiger partial charge in [0.2, 0.25) is 0 Å². The van der Waals surface area contributed by atoms with Gasteiger partial charge in [-0.15, -0.1) is 0 Å². The molecule has 0 saturated carbocycles. The summed E-state index contributed by atoms with van der Waals surface area (Å²) in [6.45, 7) is 8.99. The summed E-state index contributed by atoms with van der Waals surface area (Å²) in [4.78, 5) is 0. The third kappa shape index (κ3) is 3.24. The third-order valence-corrected chi connectivity index (χ3v) is 2.69. The van der Waals surface area contributed by atoms with Crippen molar-refractivity contribution in [3.63, 3.8) is 0 Å². The quantitative estimate of drug-likeness (QED) is 0.824. The fraction of sp³-hybridized carbons (Fsp3) is 0.538. The zero-order valence-corrected chi connectivity index (χ0v) is 10.1. The smallest absolute Gasteiger partial charge is 0.124 e. The van der Waals surface area contributed by atoms with E-state index in [9.17, 15) is 0 Å². The van der Waals surface area contributed by atoms with Crippen LogP contribution in [0.3, 0.4) is 0 Å². The fourth-order valence-corrected chi connectivity index (χ4v) is 1.28. The summed E-state index contributed by atoms with van der Waals surface area (Å²) in [5, 5.41) is 0. The average Bonchev–Trinajstić information content (AvgIpc) is 2.18. The molecule has 0 spiro atoms. The van der Waals surface area contributed by atoms with Crippen LogP contribution in [-0.2, 0) is 6.54 Å². The molecular weight excluding hydrogens is 186 g/mol. The highest BCUT2D eigenvalue weighted by molar-refractivity contribution is 5.37. The summed E-state index contributed by atoms with van der Waals surface area (Å²) >= 11 is 0. The molecule has 0 aliphatic carbocycles. The van der Waals surface area contributed by atoms with Crippen molar-refractivity contribution >= 4 is 0 Å². The van der Waals surface area contributed by atoms with E-state index in [1.54, 1.807) is 0 Å². The van der Waals surface area contributed by atoms with Gasteiger partial charge < -0.3 is 10.5 Å². The van der Waals surface area contributed by atoms with Crippen molar-refractivity contribution in [2.75, 3.05) is 0 Å². The van der Waals surface area contributed by atoms with E-state index in [4.69, 9.17) is 10.5 Å². The van der Waals surface area contributed by atoms with Gasteiger partial charge in [-0.1, -0.05) is 26.0 Å². The van der Waals surface area contributed by atoms with Crippen LogP contribution >= 0.6 is 0 Å². The molecular formula is C13H21NO. The maximum atomic E-state index is 5.90. The molecule has 84 valence electrons. The normalized spacial score (nSPS) is 12.9. The molecule has 0 saturated heterocycles. The Labute approximate surface area is 92.4 Å². The van der Waals surface area contributed by atoms with Gasteiger partial charge in [0.05, 0.1) is 6.10 Å². The molecule has 0 bridgehead atoms. The molecule has 0 fully saturated rings. The van der Waals surface area contributed by atoms with Crippen LogP contribution in [-0.4, -0.2) is 6.10 Å². The predicted molar refractivity (Wildman–Crippen MR) is 64.0 cm³/mol. The number of hydrogen-bond acceptors (Lipinski definition) is 2. The van der Waals surface area contributed by atoms with Crippen LogP contribution in [0.4, 0.5) is 0 Å². The first-order valence-corrected chi connectivity index (χ1v) is 5.51. The standard InChI is InChI=1S/C13H21NO/c1-9(2)11(4)15-13-7-10(3)5-6-12(13)8-14/h5-7,9,11H,8,14H2,1-4H3. The number of ether oxygens (including phenoxy) is 1. The van der Waals surface area contributed by atoms with Crippen molar-refractivity contribution in [3.05, 3.63) is 29.3 Å². The Morgan fingerprint density at radius 3 is 2.47 bits per heavy atom. The lowest BCUT2D eigenvalue weighted by molar-refractivity contribution is 0.169. The van der Waals surface area contributed by atoms with Gasteiger partial charge in [-0.2, -0.15) is 0 Å². The zero-order valence-electron chi connectivity index (χ0n) is 10.1. The lowest BCUT2D eigenvalue weighted by Gasteiger charge is -2.20. The average molecular weight is 207 g/mol. The SMILES string of the molecule is Cc1ccc(CN)c(OC(C)C(C)C)c1. The van der Waals surface area contributed by atoms with Crippen LogP contribution in [0, 0.1) is 12.8 Å². The minimum absolute atomic E-state index is 0.220. The maximum Gasteiger partial charge on any atom is 0.124 e. The van der Waals surface area contributed by atoms with E-state index < -0.39 is 0 Å². The highest BCUT2D eigenvalue weighted by atomic mass is 16.5. The summed E-state index contributed by atoms with van der Waals surface area (Å²) in [5.41, 5.74) is 7.96. The molecule has 0 aliphatic heterocycles. The molecule has 1 atom stereocenters. The molecule has 15 heavy (non-hydrogen) atoms. The minimum Gasteiger partial charge on any atom is -0.490 e. The summed E-state index contributed by atoms with van der Waals surface area (Å²) < 4.78 is 5.90. The molecule has 1 aromatic carbocycles. The van der Waals surface area contributed by atoms with E-state index in [1.807, 2.05) is 6.07 Å². The number of nitrogens with two attached hydrogens (primary N) is 1. The largest absolute Gasteiger partial charge is 0.490 e. The van der Waals surface area contributed by atoms with Crippen molar-refractivity contribution in [1.29, 1.82) is 0 Å². The second-order valence-electron chi connectivity index (χ2n) is 4.38. The van der Waals surface area contributed by atoms with Crippen molar-refractivity contribution in [3.8, 4) is 5.75 Å². The first kappa shape index (κ1) is 12.1. The minimum atomic E-state index is 0.220. The van der Waals surface area contributed by atoms with E-state index in [-0.39, 0.29) is 6.10 Å². The van der Waals surface area contributed by atoms with Gasteiger partial charge in [-0.3, -0.25) is 0 Å². The van der Waals surface area contributed by atoms with Crippen LogP contribution < -0.4 is 10.5 Å². The van der Waals surface area contributed by atoms with Gasteiger partial charge in [0.1, 0.15) is 5.75 Å². The van der Waals surface area contributed by atoms with Crippen LogP contribution in [0.15, 0.2) is 18.2 Å². The second-order valence-corrected chi connectivity index (χ2v) is 4.38. The molecule has 0 aromatic heterocycles. The van der Waals surface area contributed by atoms with Crippen LogP contribution in [0.2, 0.25) is 0 Å². The fourth-order valence-electron chi connectivity index (χ4n) is 1.28. The van der Waals surface area contributed by atoms with Crippen LogP contribution in [0.25, 0.3) is 0 Å². The Hall–Kier alpha value is -1.02. The Bertz CT molecular complexity index is 320. The molecule has 1 aromatic rings. The Morgan fingerprint density at radius 2 is 1.93 bits per heavy atom. The highest BCUT2D eigenvalue weighted by Crippen LogP contribution is 2.22. The molecule has 1 unspecified atom stereocenters. The Balaban J connectivity index is 2.87. The van der Waals surface area contributed by atoms with Crippen molar-refractivity contribution in [2.24, 2.45) is 11.7 Å². The van der Waals surface area contributed by atoms with E-state index in [0.717, 1.165) is 11.3 Å². The molecule has 2 nitrogen and oxygen atoms in total. The maximum absolute atomic E-state index is 5.90. The first-order valence-electron chi connectivity index (χ1n) is 5.51. The van der Waals surface area contributed by atoms with E-state index in [2.05, 4.69) is 39.8 Å². The third-order valence-electron chi connectivity index (χ3n) is 2.69. The van der Waals surface area contributed by atoms with Gasteiger partial charge in [-0.05, 0) is 31.4 Å². The Kier molecular flexibility index (Phi) is 4.15. The molecule has 0 amide bonds. The lowest BCUT2D eigenvalue weighted by Crippen LogP contribution is -2.19. The first-order chi connectivity index (χ1) is 7.04. The van der Waals surface area contributed by atoms with Gasteiger partial charge in [0, 0.05) is 12.1 Å². The van der Waals surface area contributed by atoms with E-state index in [1.165, 1.54) is 5.56 Å². The van der Waals surface area contributed by atoms with E-state index >= 15 is 0 Å². The molecule has 0 heterocycles. The summed E-state index contributed by atoms with van der Waals surface area (Å²) in [5.74, 6) is 1.44. The molecule has 2 N–H and O–H groups in total. The lowest BCUT2D eigenvalue weighted by atomic mass is 10.1. The molecule has 2 heteroatoms. The number of hydrogen-bond donors (Lipinski definition) is 1. The van der Waals surface area contributed by atoms with Crippen LogP contribution in [0.1, 0.15) is 31.9 Å². The zero-order chi connectivity index (χ0) is 11.4. The predicted octanol–water partition coefficient (Wildman–Crippen LogP) is 2.88. The van der Waals surface area contributed by atoms with Gasteiger partial charge >= 0.3 is 0 Å². The summed E-state index contributed by atoms with van der Waals surface area (Å²) in [6.07, 6.45) is 0.220. The van der Waals surface area contributed by atoms with Crippen LogP contribution in [0.5, 0.6) is 5.75 Å². The second kappa shape index (κ2) is 5.17. The van der Waals surface area contributed by atoms with Gasteiger partial charge in [-0.25, -0.2) is 0 Å². The topological polar surface area (TPSA) is 35.2 Å². The molecule has 0 radical (unpaired) electrons. The number of aryl methyl sites for hydroxylation is 1. The molecule has 0 aliphatic rings. The molecule has 1 rings (SSSR count). The summed E-state index contributed by atoms with van der Waals surface area (Å²) in [6, 6.07) is 6.16. The van der Waals surface area contributed by atoms with Crippen molar-refractivity contribution in [2.45, 2.75) is 40.3 Å². The highest BCUT2D eigenvalue weighted by Gasteiger charge is 2.11. The van der Waals surface area contributed by atoms with Gasteiger partial charge in [0.15, 0.2) is 0 Å². The number of rotatable bonds is 4. The summed E-state index contributed by atoms with van der Waals surface area (Å²) in [7, 11) is 0. The number of benzene rings is 1. The van der Waals surface area contributed by atoms with Gasteiger partial charge in [0.25, 0.3) is 0 Å². The monoisotopic (exact) mass is 207 g/mol. The van der Waals surface area contributed by atoms with E-state index in [0.29, 0.717) is 12.5 Å². The van der Waals surface area contributed by atoms with Crippen molar-refractivity contribution < 1.29 is 4.74 Å². The Morgan fingerprint density at radius 1 is 1.27 bits per heavy atom. The van der Waals surface area contributed by atoms with Crippen molar-refractivity contribution in [1.82, 2.24) is 0 Å².